The SMILES string of the molecule is Cc1nc(S(=O)(=O)NC(C)C(O)c2ccc(F)cc2)cn1C. The molecule has 0 bridgehead atoms. The molecule has 2 atom stereocenters. The van der Waals surface area contributed by atoms with Crippen molar-refractivity contribution in [2.45, 2.75) is 31.0 Å². The van der Waals surface area contributed by atoms with Gasteiger partial charge in [-0.3, -0.25) is 0 Å². The Morgan fingerprint density at radius 3 is 2.41 bits per heavy atom. The first-order valence-corrected chi connectivity index (χ1v) is 8.15. The molecular formula is C14H18FN3O3S. The number of imidazole rings is 1. The third-order valence-corrected chi connectivity index (χ3v) is 4.82. The Morgan fingerprint density at radius 1 is 1.32 bits per heavy atom. The maximum Gasteiger partial charge on any atom is 0.259 e. The summed E-state index contributed by atoms with van der Waals surface area (Å²) in [6.45, 7) is 3.22. The zero-order valence-electron chi connectivity index (χ0n) is 12.5. The summed E-state index contributed by atoms with van der Waals surface area (Å²) in [5, 5.41) is 10.1. The van der Waals surface area contributed by atoms with Gasteiger partial charge in [-0.1, -0.05) is 12.1 Å². The molecule has 120 valence electrons. The molecule has 0 radical (unpaired) electrons. The van der Waals surface area contributed by atoms with Gasteiger partial charge < -0.3 is 9.67 Å². The van der Waals surface area contributed by atoms with Gasteiger partial charge in [-0.25, -0.2) is 22.5 Å². The number of halogens is 1. The highest BCUT2D eigenvalue weighted by atomic mass is 32.2. The number of nitrogens with one attached hydrogen (secondary N) is 1. The van der Waals surface area contributed by atoms with Gasteiger partial charge in [0, 0.05) is 19.3 Å². The van der Waals surface area contributed by atoms with E-state index in [1.807, 2.05) is 0 Å². The molecule has 0 fully saturated rings. The minimum absolute atomic E-state index is 0.106. The van der Waals surface area contributed by atoms with Crippen LogP contribution in [0.5, 0.6) is 0 Å². The smallest absolute Gasteiger partial charge is 0.259 e. The largest absolute Gasteiger partial charge is 0.387 e. The molecule has 8 heteroatoms. The summed E-state index contributed by atoms with van der Waals surface area (Å²) < 4.78 is 41.3. The first-order chi connectivity index (χ1) is 10.2. The summed E-state index contributed by atoms with van der Waals surface area (Å²) in [4.78, 5) is 3.96. The quantitative estimate of drug-likeness (QED) is 0.866. The van der Waals surface area contributed by atoms with E-state index in [9.17, 15) is 17.9 Å². The Kier molecular flexibility index (Phi) is 4.64. The van der Waals surface area contributed by atoms with Gasteiger partial charge in [0.25, 0.3) is 10.0 Å². The summed E-state index contributed by atoms with van der Waals surface area (Å²) in [6, 6.07) is 4.45. The molecule has 2 aromatic rings. The van der Waals surface area contributed by atoms with Crippen LogP contribution in [0.25, 0.3) is 0 Å². The lowest BCUT2D eigenvalue weighted by molar-refractivity contribution is 0.146. The van der Waals surface area contributed by atoms with Crippen LogP contribution in [0.3, 0.4) is 0 Å². The lowest BCUT2D eigenvalue weighted by Crippen LogP contribution is -2.37. The number of benzene rings is 1. The third-order valence-electron chi connectivity index (χ3n) is 3.39. The minimum Gasteiger partial charge on any atom is -0.387 e. The number of nitrogens with zero attached hydrogens (tertiary/aromatic N) is 2. The summed E-state index contributed by atoms with van der Waals surface area (Å²) in [5.41, 5.74) is 0.425. The van der Waals surface area contributed by atoms with E-state index in [1.54, 1.807) is 18.5 Å². The fraction of sp³-hybridized carbons (Fsp3) is 0.357. The highest BCUT2D eigenvalue weighted by Crippen LogP contribution is 2.19. The van der Waals surface area contributed by atoms with E-state index in [-0.39, 0.29) is 5.03 Å². The first kappa shape index (κ1) is 16.6. The van der Waals surface area contributed by atoms with E-state index >= 15 is 0 Å². The van der Waals surface area contributed by atoms with E-state index in [1.165, 1.54) is 37.4 Å². The van der Waals surface area contributed by atoms with Gasteiger partial charge in [0.05, 0.1) is 6.10 Å². The van der Waals surface area contributed by atoms with Crippen LogP contribution < -0.4 is 4.72 Å². The molecule has 2 N–H and O–H groups in total. The summed E-state index contributed by atoms with van der Waals surface area (Å²) in [6.07, 6.45) is 0.300. The second kappa shape index (κ2) is 6.15. The average Bonchev–Trinajstić information content (AvgIpc) is 2.79. The standard InChI is InChI=1S/C14H18FN3O3S/c1-9(14(19)11-4-6-12(15)7-5-11)17-22(20,21)13-8-18(3)10(2)16-13/h4-9,14,17,19H,1-3H3. The zero-order valence-corrected chi connectivity index (χ0v) is 13.3. The lowest BCUT2D eigenvalue weighted by atomic mass is 10.0. The van der Waals surface area contributed by atoms with E-state index in [0.717, 1.165) is 0 Å². The number of hydrogen-bond acceptors (Lipinski definition) is 4. The molecular weight excluding hydrogens is 309 g/mol. The molecule has 0 aliphatic carbocycles. The van der Waals surface area contributed by atoms with Gasteiger partial charge in [-0.2, -0.15) is 0 Å². The Labute approximate surface area is 128 Å². The Balaban J connectivity index is 2.16. The monoisotopic (exact) mass is 327 g/mol. The Morgan fingerprint density at radius 2 is 1.91 bits per heavy atom. The van der Waals surface area contributed by atoms with Crippen molar-refractivity contribution in [2.24, 2.45) is 7.05 Å². The molecule has 0 amide bonds. The van der Waals surface area contributed by atoms with Crippen molar-refractivity contribution in [1.29, 1.82) is 0 Å². The highest BCUT2D eigenvalue weighted by Gasteiger charge is 2.25. The van der Waals surface area contributed by atoms with Gasteiger partial charge in [0.2, 0.25) is 0 Å². The Bertz CT molecular complexity index is 737. The number of aliphatic hydroxyl groups excluding tert-OH is 1. The Hall–Kier alpha value is -1.77. The molecule has 0 spiro atoms. The van der Waals surface area contributed by atoms with Crippen molar-refractivity contribution in [3.63, 3.8) is 0 Å². The molecule has 1 aromatic carbocycles. The predicted octanol–water partition coefficient (Wildman–Crippen LogP) is 1.27. The lowest BCUT2D eigenvalue weighted by Gasteiger charge is -2.20. The predicted molar refractivity (Wildman–Crippen MR) is 79.1 cm³/mol. The van der Waals surface area contributed by atoms with Crippen LogP contribution in [0.1, 0.15) is 24.4 Å². The number of rotatable bonds is 5. The van der Waals surface area contributed by atoms with Crippen molar-refractivity contribution in [1.82, 2.24) is 14.3 Å². The number of sulfonamides is 1. The van der Waals surface area contributed by atoms with Crippen LogP contribution >= 0.6 is 0 Å². The van der Waals surface area contributed by atoms with Crippen molar-refractivity contribution < 1.29 is 17.9 Å². The van der Waals surface area contributed by atoms with Crippen LogP contribution in [0.15, 0.2) is 35.5 Å². The summed E-state index contributed by atoms with van der Waals surface area (Å²) >= 11 is 0. The highest BCUT2D eigenvalue weighted by molar-refractivity contribution is 7.89. The van der Waals surface area contributed by atoms with Crippen molar-refractivity contribution in [3.05, 3.63) is 47.7 Å². The van der Waals surface area contributed by atoms with Crippen LogP contribution in [0.4, 0.5) is 4.39 Å². The second-order valence-electron chi connectivity index (χ2n) is 5.14. The van der Waals surface area contributed by atoms with Crippen molar-refractivity contribution >= 4 is 10.0 Å². The van der Waals surface area contributed by atoms with Crippen LogP contribution in [0.2, 0.25) is 0 Å². The number of aliphatic hydroxyl groups is 1. The third kappa shape index (κ3) is 3.52. The van der Waals surface area contributed by atoms with Crippen molar-refractivity contribution in [2.75, 3.05) is 0 Å². The molecule has 0 aliphatic rings. The maximum absolute atomic E-state index is 12.9. The number of aryl methyl sites for hydroxylation is 2. The molecule has 6 nitrogen and oxygen atoms in total. The molecule has 2 unspecified atom stereocenters. The second-order valence-corrected chi connectivity index (χ2v) is 6.80. The molecule has 0 saturated heterocycles. The normalized spacial score (nSPS) is 14.8. The zero-order chi connectivity index (χ0) is 16.5. The van der Waals surface area contributed by atoms with Gasteiger partial charge in [0.15, 0.2) is 5.03 Å². The van der Waals surface area contributed by atoms with E-state index in [0.29, 0.717) is 11.4 Å². The molecule has 22 heavy (non-hydrogen) atoms. The van der Waals surface area contributed by atoms with Crippen molar-refractivity contribution in [3.8, 4) is 0 Å². The van der Waals surface area contributed by atoms with Crippen LogP contribution in [0, 0.1) is 12.7 Å². The fourth-order valence-corrected chi connectivity index (χ4v) is 3.26. The maximum atomic E-state index is 12.9. The molecule has 0 saturated carbocycles. The molecule has 2 rings (SSSR count). The summed E-state index contributed by atoms with van der Waals surface area (Å²) in [7, 11) is -2.15. The van der Waals surface area contributed by atoms with E-state index in [4.69, 9.17) is 0 Å². The number of aromatic nitrogens is 2. The van der Waals surface area contributed by atoms with E-state index < -0.39 is 28.0 Å². The average molecular weight is 327 g/mol. The topological polar surface area (TPSA) is 84.2 Å². The summed E-state index contributed by atoms with van der Waals surface area (Å²) in [5.74, 6) is 0.139. The molecule has 1 aromatic heterocycles. The van der Waals surface area contributed by atoms with Crippen LogP contribution in [-0.2, 0) is 17.1 Å². The first-order valence-electron chi connectivity index (χ1n) is 6.66. The molecule has 0 aliphatic heterocycles. The van der Waals surface area contributed by atoms with E-state index in [2.05, 4.69) is 9.71 Å². The van der Waals surface area contributed by atoms with Gasteiger partial charge >= 0.3 is 0 Å². The fourth-order valence-electron chi connectivity index (χ4n) is 1.97. The number of hydrogen-bond donors (Lipinski definition) is 2. The van der Waals surface area contributed by atoms with Gasteiger partial charge in [0.1, 0.15) is 11.6 Å². The van der Waals surface area contributed by atoms with Crippen LogP contribution in [-0.4, -0.2) is 29.1 Å². The minimum atomic E-state index is -3.84. The molecule has 1 heterocycles. The van der Waals surface area contributed by atoms with Gasteiger partial charge in [-0.15, -0.1) is 0 Å². The van der Waals surface area contributed by atoms with Gasteiger partial charge in [-0.05, 0) is 31.5 Å².